The van der Waals surface area contributed by atoms with Gasteiger partial charge in [-0.15, -0.1) is 0 Å². The molecule has 6 nitrogen and oxygen atoms in total. The summed E-state index contributed by atoms with van der Waals surface area (Å²) in [6.07, 6.45) is 3.74. The Bertz CT molecular complexity index is 928. The van der Waals surface area contributed by atoms with Crippen molar-refractivity contribution in [2.45, 2.75) is 32.5 Å². The van der Waals surface area contributed by atoms with Crippen LogP contribution in [-0.4, -0.2) is 21.9 Å². The molecule has 1 atom stereocenters. The average Bonchev–Trinajstić information content (AvgIpc) is 3.17. The van der Waals surface area contributed by atoms with E-state index in [9.17, 15) is 4.79 Å². The number of H-pyrrole nitrogens is 1. The van der Waals surface area contributed by atoms with Gasteiger partial charge in [-0.1, -0.05) is 29.8 Å². The molecule has 3 rings (SSSR count). The number of imidazole rings is 1. The Labute approximate surface area is 169 Å². The summed E-state index contributed by atoms with van der Waals surface area (Å²) >= 11 is 6.00. The number of aromatic amines is 1. The number of hydrogen-bond donors (Lipinski definition) is 3. The third-order valence-corrected chi connectivity index (χ3v) is 4.70. The number of aromatic nitrogens is 2. The van der Waals surface area contributed by atoms with Crippen molar-refractivity contribution in [3.63, 3.8) is 0 Å². The van der Waals surface area contributed by atoms with Crippen molar-refractivity contribution in [1.29, 1.82) is 0 Å². The molecule has 0 aliphatic rings. The highest BCUT2D eigenvalue weighted by molar-refractivity contribution is 6.30. The minimum absolute atomic E-state index is 0.395. The van der Waals surface area contributed by atoms with Crippen LogP contribution >= 0.6 is 11.6 Å². The van der Waals surface area contributed by atoms with Crippen molar-refractivity contribution in [2.75, 3.05) is 0 Å². The topological polar surface area (TPSA) is 93.0 Å². The van der Waals surface area contributed by atoms with Gasteiger partial charge in [0.2, 0.25) is 5.91 Å². The van der Waals surface area contributed by atoms with Crippen molar-refractivity contribution < 1.29 is 9.53 Å². The van der Waals surface area contributed by atoms with E-state index in [1.165, 1.54) is 0 Å². The molecule has 0 saturated heterocycles. The zero-order valence-electron chi connectivity index (χ0n) is 15.6. The van der Waals surface area contributed by atoms with Gasteiger partial charge < -0.3 is 20.8 Å². The molecule has 7 heteroatoms. The van der Waals surface area contributed by atoms with Crippen LogP contribution in [0.4, 0.5) is 0 Å². The van der Waals surface area contributed by atoms with Crippen LogP contribution in [0.25, 0.3) is 0 Å². The maximum Gasteiger partial charge on any atom is 0.234 e. The molecule has 1 aromatic heterocycles. The number of halogens is 1. The zero-order valence-corrected chi connectivity index (χ0v) is 16.4. The number of ether oxygens (including phenoxy) is 1. The minimum atomic E-state index is -0.474. The van der Waals surface area contributed by atoms with E-state index in [4.69, 9.17) is 22.1 Å². The summed E-state index contributed by atoms with van der Waals surface area (Å²) in [5.74, 6) is 0.388. The first-order valence-electron chi connectivity index (χ1n) is 8.98. The molecule has 4 N–H and O–H groups in total. The summed E-state index contributed by atoms with van der Waals surface area (Å²) in [4.78, 5) is 18.7. The van der Waals surface area contributed by atoms with Crippen molar-refractivity contribution >= 4 is 17.5 Å². The third-order valence-electron chi connectivity index (χ3n) is 4.47. The molecule has 0 fully saturated rings. The first-order valence-corrected chi connectivity index (χ1v) is 9.36. The minimum Gasteiger partial charge on any atom is -0.489 e. The van der Waals surface area contributed by atoms with Crippen LogP contribution in [0.15, 0.2) is 55.0 Å². The van der Waals surface area contributed by atoms with Crippen molar-refractivity contribution in [1.82, 2.24) is 15.3 Å². The van der Waals surface area contributed by atoms with E-state index in [0.29, 0.717) is 24.6 Å². The molecule has 1 amide bonds. The van der Waals surface area contributed by atoms with Gasteiger partial charge in [0.1, 0.15) is 12.4 Å². The second-order valence-electron chi connectivity index (χ2n) is 6.62. The quantitative estimate of drug-likeness (QED) is 0.516. The fraction of sp³-hybridized carbons (Fsp3) is 0.238. The van der Waals surface area contributed by atoms with Crippen LogP contribution in [0.1, 0.15) is 22.4 Å². The van der Waals surface area contributed by atoms with Crippen molar-refractivity contribution in [3.8, 4) is 5.75 Å². The number of aryl methyl sites for hydroxylation is 1. The number of carbonyl (C=O) groups is 1. The first-order chi connectivity index (χ1) is 13.5. The molecule has 0 aliphatic heterocycles. The monoisotopic (exact) mass is 398 g/mol. The molecule has 2 aromatic carbocycles. The molecule has 0 saturated carbocycles. The molecule has 146 valence electrons. The maximum absolute atomic E-state index is 11.7. The highest BCUT2D eigenvalue weighted by Crippen LogP contribution is 2.19. The second kappa shape index (κ2) is 9.39. The van der Waals surface area contributed by atoms with Gasteiger partial charge in [0.05, 0.1) is 12.4 Å². The number of hydrogen-bond acceptors (Lipinski definition) is 4. The fourth-order valence-corrected chi connectivity index (χ4v) is 3.09. The summed E-state index contributed by atoms with van der Waals surface area (Å²) in [7, 11) is 0. The number of nitrogens with two attached hydrogens (primary N) is 1. The molecule has 0 spiro atoms. The first kappa shape index (κ1) is 19.9. The van der Waals surface area contributed by atoms with Gasteiger partial charge in [-0.2, -0.15) is 0 Å². The van der Waals surface area contributed by atoms with Crippen LogP contribution in [0.2, 0.25) is 5.02 Å². The number of primary amides is 1. The number of amides is 1. The van der Waals surface area contributed by atoms with Crippen molar-refractivity contribution in [2.24, 2.45) is 5.73 Å². The van der Waals surface area contributed by atoms with Crippen LogP contribution in [-0.2, 0) is 24.4 Å². The Kier molecular flexibility index (Phi) is 6.68. The molecule has 28 heavy (non-hydrogen) atoms. The zero-order chi connectivity index (χ0) is 19.9. The molecular weight excluding hydrogens is 376 g/mol. The standard InChI is InChI=1S/C21H23ClN4O2/c1-14-7-19(28-12-15-3-2-4-17(22)8-15)6-5-16(14)10-25-20(21(23)27)9-18-11-24-13-26-18/h2-8,11,13,20,25H,9-10,12H2,1H3,(H2,23,27)(H,24,26). The van der Waals surface area contributed by atoms with E-state index >= 15 is 0 Å². The van der Waals surface area contributed by atoms with E-state index in [2.05, 4.69) is 15.3 Å². The molecule has 3 aromatic rings. The van der Waals surface area contributed by atoms with Crippen molar-refractivity contribution in [3.05, 3.63) is 82.4 Å². The summed E-state index contributed by atoms with van der Waals surface area (Å²) < 4.78 is 5.85. The average molecular weight is 399 g/mol. The summed E-state index contributed by atoms with van der Waals surface area (Å²) in [6, 6.07) is 13.0. The van der Waals surface area contributed by atoms with Crippen LogP contribution in [0.5, 0.6) is 5.75 Å². The van der Waals surface area contributed by atoms with Gasteiger partial charge in [-0.25, -0.2) is 4.98 Å². The Morgan fingerprint density at radius 3 is 2.86 bits per heavy atom. The Balaban J connectivity index is 1.57. The molecule has 1 heterocycles. The number of rotatable bonds is 9. The predicted octanol–water partition coefficient (Wildman–Crippen LogP) is 3.14. The molecule has 1 unspecified atom stereocenters. The van der Waals surface area contributed by atoms with Gasteiger partial charge >= 0.3 is 0 Å². The second-order valence-corrected chi connectivity index (χ2v) is 7.06. The molecule has 0 radical (unpaired) electrons. The molecule has 0 bridgehead atoms. The lowest BCUT2D eigenvalue weighted by molar-refractivity contribution is -0.120. The third kappa shape index (κ3) is 5.58. The Morgan fingerprint density at radius 2 is 2.18 bits per heavy atom. The smallest absolute Gasteiger partial charge is 0.234 e. The van der Waals surface area contributed by atoms with Gasteiger partial charge in [-0.05, 0) is 47.9 Å². The van der Waals surface area contributed by atoms with E-state index in [-0.39, 0.29) is 0 Å². The Hall–Kier alpha value is -2.83. The van der Waals surface area contributed by atoms with E-state index in [1.54, 1.807) is 12.5 Å². The summed E-state index contributed by atoms with van der Waals surface area (Å²) in [5.41, 5.74) is 9.54. The van der Waals surface area contributed by atoms with Gasteiger partial charge in [0, 0.05) is 29.9 Å². The number of nitrogens with one attached hydrogen (secondary N) is 2. The van der Waals surface area contributed by atoms with E-state index in [0.717, 1.165) is 28.1 Å². The number of benzene rings is 2. The highest BCUT2D eigenvalue weighted by Gasteiger charge is 2.16. The maximum atomic E-state index is 11.7. The van der Waals surface area contributed by atoms with Gasteiger partial charge in [0.15, 0.2) is 0 Å². The Morgan fingerprint density at radius 1 is 1.32 bits per heavy atom. The van der Waals surface area contributed by atoms with Crippen LogP contribution < -0.4 is 15.8 Å². The summed E-state index contributed by atoms with van der Waals surface area (Å²) in [6.45, 7) is 2.99. The largest absolute Gasteiger partial charge is 0.489 e. The predicted molar refractivity (Wildman–Crippen MR) is 109 cm³/mol. The lowest BCUT2D eigenvalue weighted by Gasteiger charge is -2.16. The highest BCUT2D eigenvalue weighted by atomic mass is 35.5. The van der Waals surface area contributed by atoms with E-state index < -0.39 is 11.9 Å². The van der Waals surface area contributed by atoms with Gasteiger partial charge in [-0.3, -0.25) is 4.79 Å². The molecular formula is C21H23ClN4O2. The lowest BCUT2D eigenvalue weighted by atomic mass is 10.1. The normalized spacial score (nSPS) is 11.9. The van der Waals surface area contributed by atoms with Gasteiger partial charge in [0.25, 0.3) is 0 Å². The fourth-order valence-electron chi connectivity index (χ4n) is 2.87. The number of carbonyl (C=O) groups excluding carboxylic acids is 1. The number of nitrogens with zero attached hydrogens (tertiary/aromatic N) is 1. The lowest BCUT2D eigenvalue weighted by Crippen LogP contribution is -2.42. The SMILES string of the molecule is Cc1cc(OCc2cccc(Cl)c2)ccc1CNC(Cc1cnc[nH]1)C(N)=O. The van der Waals surface area contributed by atoms with Crippen LogP contribution in [0.3, 0.4) is 0 Å². The van der Waals surface area contributed by atoms with E-state index in [1.807, 2.05) is 49.4 Å². The molecule has 0 aliphatic carbocycles. The van der Waals surface area contributed by atoms with Crippen LogP contribution in [0, 0.1) is 6.92 Å². The summed E-state index contributed by atoms with van der Waals surface area (Å²) in [5, 5.41) is 3.91.